The molecule has 3 aliphatic rings. The molecule has 0 saturated carbocycles. The van der Waals surface area contributed by atoms with Gasteiger partial charge in [-0.3, -0.25) is 4.90 Å². The molecule has 138 valence electrons. The van der Waals surface area contributed by atoms with Gasteiger partial charge in [-0.15, -0.1) is 0 Å². The van der Waals surface area contributed by atoms with Crippen LogP contribution in [0.25, 0.3) is 0 Å². The van der Waals surface area contributed by atoms with Gasteiger partial charge in [-0.1, -0.05) is 11.6 Å². The van der Waals surface area contributed by atoms with Gasteiger partial charge in [0.2, 0.25) is 0 Å². The SMILES string of the molecule is CC(C)=CCN1CCc2[nH]cnc2C12CCN(CC1CCOC1)CC2. The third-order valence-corrected chi connectivity index (χ3v) is 6.34. The highest BCUT2D eigenvalue weighted by Gasteiger charge is 2.46. The van der Waals surface area contributed by atoms with Crippen molar-refractivity contribution in [2.24, 2.45) is 5.92 Å². The smallest absolute Gasteiger partial charge is 0.0926 e. The zero-order valence-electron chi connectivity index (χ0n) is 15.8. The van der Waals surface area contributed by atoms with Crippen LogP contribution in [0.4, 0.5) is 0 Å². The second-order valence-electron chi connectivity index (χ2n) is 8.27. The molecule has 1 spiro atoms. The van der Waals surface area contributed by atoms with Gasteiger partial charge in [0.1, 0.15) is 0 Å². The lowest BCUT2D eigenvalue weighted by Crippen LogP contribution is -2.56. The number of fused-ring (bicyclic) bond motifs is 2. The van der Waals surface area contributed by atoms with Crippen molar-refractivity contribution < 1.29 is 4.74 Å². The van der Waals surface area contributed by atoms with Crippen molar-refractivity contribution in [3.8, 4) is 0 Å². The summed E-state index contributed by atoms with van der Waals surface area (Å²) in [5, 5.41) is 0. The van der Waals surface area contributed by atoms with E-state index in [2.05, 4.69) is 34.7 Å². The minimum Gasteiger partial charge on any atom is -0.381 e. The third-order valence-electron chi connectivity index (χ3n) is 6.34. The quantitative estimate of drug-likeness (QED) is 0.853. The predicted molar refractivity (Wildman–Crippen MR) is 99.6 cm³/mol. The van der Waals surface area contributed by atoms with Crippen molar-refractivity contribution in [1.29, 1.82) is 0 Å². The molecule has 0 radical (unpaired) electrons. The number of allylic oxidation sites excluding steroid dienone is 1. The summed E-state index contributed by atoms with van der Waals surface area (Å²) < 4.78 is 5.56. The first-order valence-electron chi connectivity index (χ1n) is 9.88. The highest BCUT2D eigenvalue weighted by Crippen LogP contribution is 2.42. The number of rotatable bonds is 4. The summed E-state index contributed by atoms with van der Waals surface area (Å²) in [6.07, 6.45) is 8.99. The second kappa shape index (κ2) is 7.22. The van der Waals surface area contributed by atoms with Crippen molar-refractivity contribution in [3.63, 3.8) is 0 Å². The topological polar surface area (TPSA) is 44.4 Å². The van der Waals surface area contributed by atoms with E-state index in [0.29, 0.717) is 0 Å². The van der Waals surface area contributed by atoms with Crippen LogP contribution in [0.2, 0.25) is 0 Å². The van der Waals surface area contributed by atoms with Gasteiger partial charge in [0.25, 0.3) is 0 Å². The summed E-state index contributed by atoms with van der Waals surface area (Å²) in [5.74, 6) is 0.739. The summed E-state index contributed by atoms with van der Waals surface area (Å²) >= 11 is 0. The van der Waals surface area contributed by atoms with E-state index in [-0.39, 0.29) is 5.54 Å². The molecule has 4 rings (SSSR count). The first kappa shape index (κ1) is 17.3. The number of ether oxygens (including phenoxy) is 1. The first-order valence-corrected chi connectivity index (χ1v) is 9.88. The number of H-pyrrole nitrogens is 1. The van der Waals surface area contributed by atoms with Crippen LogP contribution < -0.4 is 0 Å². The van der Waals surface area contributed by atoms with E-state index in [9.17, 15) is 0 Å². The maximum Gasteiger partial charge on any atom is 0.0926 e. The molecule has 1 aromatic heterocycles. The van der Waals surface area contributed by atoms with E-state index in [4.69, 9.17) is 9.72 Å². The maximum absolute atomic E-state index is 5.56. The van der Waals surface area contributed by atoms with Gasteiger partial charge in [0.05, 0.1) is 24.2 Å². The molecule has 0 aliphatic carbocycles. The fourth-order valence-electron chi connectivity index (χ4n) is 4.83. The minimum absolute atomic E-state index is 0.127. The van der Waals surface area contributed by atoms with E-state index in [0.717, 1.165) is 38.6 Å². The number of piperidine rings is 1. The zero-order chi connectivity index (χ0) is 17.3. The molecule has 1 atom stereocenters. The molecule has 5 nitrogen and oxygen atoms in total. The average molecular weight is 345 g/mol. The van der Waals surface area contributed by atoms with Crippen LogP contribution in [0.3, 0.4) is 0 Å². The van der Waals surface area contributed by atoms with E-state index >= 15 is 0 Å². The van der Waals surface area contributed by atoms with E-state index in [1.165, 1.54) is 55.9 Å². The van der Waals surface area contributed by atoms with Crippen molar-refractivity contribution in [2.45, 2.75) is 45.1 Å². The largest absolute Gasteiger partial charge is 0.381 e. The third kappa shape index (κ3) is 3.42. The molecule has 1 aromatic rings. The van der Waals surface area contributed by atoms with Crippen LogP contribution in [0, 0.1) is 5.92 Å². The van der Waals surface area contributed by atoms with Gasteiger partial charge in [-0.05, 0) is 39.0 Å². The van der Waals surface area contributed by atoms with Gasteiger partial charge in [0, 0.05) is 51.4 Å². The Bertz CT molecular complexity index is 605. The number of aromatic amines is 1. The second-order valence-corrected chi connectivity index (χ2v) is 8.27. The van der Waals surface area contributed by atoms with Crippen LogP contribution in [-0.2, 0) is 16.7 Å². The zero-order valence-corrected chi connectivity index (χ0v) is 15.8. The molecule has 2 fully saturated rings. The molecule has 3 aliphatic heterocycles. The summed E-state index contributed by atoms with van der Waals surface area (Å²) in [7, 11) is 0. The number of imidazole rings is 1. The first-order chi connectivity index (χ1) is 12.2. The summed E-state index contributed by atoms with van der Waals surface area (Å²) in [5.41, 5.74) is 4.22. The number of nitrogens with zero attached hydrogens (tertiary/aromatic N) is 3. The molecule has 1 unspecified atom stereocenters. The van der Waals surface area contributed by atoms with E-state index in [1.807, 2.05) is 6.33 Å². The van der Waals surface area contributed by atoms with Crippen molar-refractivity contribution in [3.05, 3.63) is 29.4 Å². The summed E-state index contributed by atoms with van der Waals surface area (Å²) in [6.45, 7) is 12.0. The van der Waals surface area contributed by atoms with Gasteiger partial charge in [-0.25, -0.2) is 4.98 Å². The normalized spacial score (nSPS) is 26.7. The number of nitrogens with one attached hydrogen (secondary N) is 1. The number of aromatic nitrogens is 2. The average Bonchev–Trinajstić information content (AvgIpc) is 3.28. The Kier molecular flexibility index (Phi) is 4.98. The van der Waals surface area contributed by atoms with Crippen molar-refractivity contribution >= 4 is 0 Å². The van der Waals surface area contributed by atoms with Crippen molar-refractivity contribution in [1.82, 2.24) is 19.8 Å². The van der Waals surface area contributed by atoms with Crippen molar-refractivity contribution in [2.75, 3.05) is 45.9 Å². The monoisotopic (exact) mass is 344 g/mol. The molecule has 0 aromatic carbocycles. The van der Waals surface area contributed by atoms with Crippen LogP contribution >= 0.6 is 0 Å². The maximum atomic E-state index is 5.56. The lowest BCUT2D eigenvalue weighted by Gasteiger charge is -2.50. The minimum atomic E-state index is 0.127. The Labute approximate surface area is 151 Å². The Morgan fingerprint density at radius 3 is 2.92 bits per heavy atom. The van der Waals surface area contributed by atoms with Gasteiger partial charge in [-0.2, -0.15) is 0 Å². The molecule has 0 amide bonds. The number of likely N-dealkylation sites (tertiary alicyclic amines) is 1. The molecular weight excluding hydrogens is 312 g/mol. The Balaban J connectivity index is 1.50. The molecule has 5 heteroatoms. The molecule has 2 saturated heterocycles. The molecular formula is C20H32N4O. The van der Waals surface area contributed by atoms with Crippen LogP contribution in [0.1, 0.15) is 44.5 Å². The van der Waals surface area contributed by atoms with Gasteiger partial charge >= 0.3 is 0 Å². The standard InChI is InChI=1S/C20H32N4O/c1-16(2)3-8-24-9-4-18-19(22-15-21-18)20(24)6-10-23(11-7-20)13-17-5-12-25-14-17/h3,15,17H,4-14H2,1-2H3,(H,21,22). The van der Waals surface area contributed by atoms with Gasteiger partial charge in [0.15, 0.2) is 0 Å². The molecule has 4 heterocycles. The number of hydrogen-bond acceptors (Lipinski definition) is 4. The lowest BCUT2D eigenvalue weighted by atomic mass is 9.78. The Morgan fingerprint density at radius 2 is 2.20 bits per heavy atom. The summed E-state index contributed by atoms with van der Waals surface area (Å²) in [6, 6.07) is 0. The van der Waals surface area contributed by atoms with E-state index < -0.39 is 0 Å². The highest BCUT2D eigenvalue weighted by molar-refractivity contribution is 5.27. The molecule has 1 N–H and O–H groups in total. The highest BCUT2D eigenvalue weighted by atomic mass is 16.5. The lowest BCUT2D eigenvalue weighted by molar-refractivity contribution is 0.00916. The fourth-order valence-corrected chi connectivity index (χ4v) is 4.83. The van der Waals surface area contributed by atoms with Crippen LogP contribution in [0.5, 0.6) is 0 Å². The van der Waals surface area contributed by atoms with E-state index in [1.54, 1.807) is 0 Å². The molecule has 25 heavy (non-hydrogen) atoms. The van der Waals surface area contributed by atoms with Gasteiger partial charge < -0.3 is 14.6 Å². The summed E-state index contributed by atoms with van der Waals surface area (Å²) in [4.78, 5) is 13.5. The predicted octanol–water partition coefficient (Wildman–Crippen LogP) is 2.56. The fraction of sp³-hybridized carbons (Fsp3) is 0.750. The molecule has 0 bridgehead atoms. The Hall–Kier alpha value is -1.17. The number of hydrogen-bond donors (Lipinski definition) is 1. The van der Waals surface area contributed by atoms with Crippen LogP contribution in [0.15, 0.2) is 18.0 Å². The Morgan fingerprint density at radius 1 is 1.36 bits per heavy atom. The van der Waals surface area contributed by atoms with Crippen LogP contribution in [-0.4, -0.2) is 65.7 Å².